The number of anilines is 3. The number of nitrogen functional groups attached to an aromatic ring is 1. The third-order valence-electron chi connectivity index (χ3n) is 3.02. The summed E-state index contributed by atoms with van der Waals surface area (Å²) >= 11 is 0. The summed E-state index contributed by atoms with van der Waals surface area (Å²) in [5.41, 5.74) is 7.39. The largest absolute Gasteiger partial charge is 0.396 e. The van der Waals surface area contributed by atoms with Crippen molar-refractivity contribution in [3.8, 4) is 0 Å². The van der Waals surface area contributed by atoms with Gasteiger partial charge in [0.1, 0.15) is 5.82 Å². The highest BCUT2D eigenvalue weighted by molar-refractivity contribution is 7.90. The number of rotatable bonds is 3. The number of benzene rings is 2. The Morgan fingerprint density at radius 1 is 1.10 bits per heavy atom. The van der Waals surface area contributed by atoms with Gasteiger partial charge in [-0.3, -0.25) is 0 Å². The molecule has 0 radical (unpaired) electrons. The van der Waals surface area contributed by atoms with Gasteiger partial charge in [0, 0.05) is 19.0 Å². The van der Waals surface area contributed by atoms with Gasteiger partial charge in [0.2, 0.25) is 0 Å². The molecule has 20 heavy (non-hydrogen) atoms. The van der Waals surface area contributed by atoms with Crippen molar-refractivity contribution in [1.82, 2.24) is 0 Å². The van der Waals surface area contributed by atoms with Gasteiger partial charge in [0.15, 0.2) is 9.84 Å². The highest BCUT2D eigenvalue weighted by atomic mass is 32.2. The second kappa shape index (κ2) is 5.13. The lowest BCUT2D eigenvalue weighted by molar-refractivity contribution is 0.602. The fourth-order valence-corrected chi connectivity index (χ4v) is 2.78. The van der Waals surface area contributed by atoms with Crippen molar-refractivity contribution in [3.05, 3.63) is 48.3 Å². The second-order valence-electron chi connectivity index (χ2n) is 4.50. The van der Waals surface area contributed by atoms with E-state index in [1.807, 2.05) is 0 Å². The first-order chi connectivity index (χ1) is 9.30. The van der Waals surface area contributed by atoms with Gasteiger partial charge in [-0.1, -0.05) is 6.07 Å². The molecule has 0 atom stereocenters. The van der Waals surface area contributed by atoms with E-state index in [1.54, 1.807) is 36.2 Å². The van der Waals surface area contributed by atoms with Crippen molar-refractivity contribution in [3.63, 3.8) is 0 Å². The van der Waals surface area contributed by atoms with Gasteiger partial charge in [0.05, 0.1) is 16.3 Å². The van der Waals surface area contributed by atoms with Crippen molar-refractivity contribution in [2.75, 3.05) is 23.9 Å². The van der Waals surface area contributed by atoms with Crippen LogP contribution in [0.5, 0.6) is 0 Å². The standard InChI is InChI=1S/C14H15FN2O2S/c1-17(11-8-6-10(15)7-9-11)12-4-3-5-13(14(12)16)20(2,18)19/h3-9H,16H2,1-2H3. The molecule has 0 bridgehead atoms. The van der Waals surface area contributed by atoms with Crippen LogP contribution in [0.1, 0.15) is 0 Å². The molecule has 6 heteroatoms. The average Bonchev–Trinajstić information content (AvgIpc) is 2.37. The Bertz CT molecular complexity index is 727. The summed E-state index contributed by atoms with van der Waals surface area (Å²) in [6, 6.07) is 10.7. The summed E-state index contributed by atoms with van der Waals surface area (Å²) in [5.74, 6) is -0.333. The maximum Gasteiger partial charge on any atom is 0.177 e. The van der Waals surface area contributed by atoms with E-state index in [0.29, 0.717) is 11.4 Å². The van der Waals surface area contributed by atoms with Crippen molar-refractivity contribution in [2.45, 2.75) is 4.90 Å². The molecule has 0 aromatic heterocycles. The van der Waals surface area contributed by atoms with Crippen LogP contribution in [0.4, 0.5) is 21.5 Å². The van der Waals surface area contributed by atoms with Crippen LogP contribution in [0.2, 0.25) is 0 Å². The molecule has 0 aliphatic heterocycles. The van der Waals surface area contributed by atoms with Crippen LogP contribution in [-0.2, 0) is 9.84 Å². The molecule has 0 fully saturated rings. The van der Waals surface area contributed by atoms with Crippen LogP contribution in [-0.4, -0.2) is 21.7 Å². The maximum absolute atomic E-state index is 12.9. The van der Waals surface area contributed by atoms with Crippen molar-refractivity contribution >= 4 is 26.9 Å². The fraction of sp³-hybridized carbons (Fsp3) is 0.143. The molecule has 0 amide bonds. The minimum absolute atomic E-state index is 0.0870. The molecule has 2 N–H and O–H groups in total. The molecular weight excluding hydrogens is 279 g/mol. The summed E-state index contributed by atoms with van der Waals surface area (Å²) in [7, 11) is -1.65. The second-order valence-corrected chi connectivity index (χ2v) is 6.48. The van der Waals surface area contributed by atoms with E-state index in [1.165, 1.54) is 18.2 Å². The van der Waals surface area contributed by atoms with Crippen LogP contribution in [0.25, 0.3) is 0 Å². The molecule has 0 spiro atoms. The number of nitrogens with two attached hydrogens (primary N) is 1. The summed E-state index contributed by atoms with van der Waals surface area (Å²) in [6.45, 7) is 0. The van der Waals surface area contributed by atoms with E-state index in [0.717, 1.165) is 6.26 Å². The van der Waals surface area contributed by atoms with E-state index in [4.69, 9.17) is 5.73 Å². The van der Waals surface area contributed by atoms with Gasteiger partial charge in [-0.25, -0.2) is 12.8 Å². The normalized spacial score (nSPS) is 11.3. The van der Waals surface area contributed by atoms with Crippen molar-refractivity contribution in [1.29, 1.82) is 0 Å². The maximum atomic E-state index is 12.9. The number of nitrogens with zero attached hydrogens (tertiary/aromatic N) is 1. The van der Waals surface area contributed by atoms with Crippen LogP contribution < -0.4 is 10.6 Å². The smallest absolute Gasteiger partial charge is 0.177 e. The van der Waals surface area contributed by atoms with E-state index in [2.05, 4.69) is 0 Å². The zero-order chi connectivity index (χ0) is 14.9. The fourth-order valence-electron chi connectivity index (χ4n) is 1.95. The van der Waals surface area contributed by atoms with E-state index in [9.17, 15) is 12.8 Å². The van der Waals surface area contributed by atoms with Crippen LogP contribution >= 0.6 is 0 Å². The number of halogens is 1. The molecule has 2 aromatic carbocycles. The Hall–Kier alpha value is -2.08. The average molecular weight is 294 g/mol. The molecule has 0 aliphatic rings. The lowest BCUT2D eigenvalue weighted by Gasteiger charge is -2.22. The van der Waals surface area contributed by atoms with Crippen LogP contribution in [0.15, 0.2) is 47.4 Å². The first-order valence-corrected chi connectivity index (χ1v) is 7.77. The quantitative estimate of drug-likeness (QED) is 0.884. The summed E-state index contributed by atoms with van der Waals surface area (Å²) in [4.78, 5) is 1.80. The monoisotopic (exact) mass is 294 g/mol. The Morgan fingerprint density at radius 3 is 2.25 bits per heavy atom. The molecule has 0 unspecified atom stereocenters. The predicted molar refractivity (Wildman–Crippen MR) is 78.4 cm³/mol. The first kappa shape index (κ1) is 14.3. The minimum atomic E-state index is -3.39. The van der Waals surface area contributed by atoms with Crippen molar-refractivity contribution < 1.29 is 12.8 Å². The first-order valence-electron chi connectivity index (χ1n) is 5.88. The van der Waals surface area contributed by atoms with Gasteiger partial charge in [-0.2, -0.15) is 0 Å². The number of hydrogen-bond acceptors (Lipinski definition) is 4. The molecule has 2 aromatic rings. The van der Waals surface area contributed by atoms with Gasteiger partial charge in [-0.15, -0.1) is 0 Å². The summed E-state index contributed by atoms with van der Waals surface area (Å²) < 4.78 is 36.3. The molecule has 0 saturated heterocycles. The van der Waals surface area contributed by atoms with Crippen LogP contribution in [0, 0.1) is 5.82 Å². The van der Waals surface area contributed by atoms with Gasteiger partial charge in [0.25, 0.3) is 0 Å². The Morgan fingerprint density at radius 2 is 1.70 bits per heavy atom. The van der Waals surface area contributed by atoms with E-state index in [-0.39, 0.29) is 16.4 Å². The van der Waals surface area contributed by atoms with E-state index < -0.39 is 9.84 Å². The number of para-hydroxylation sites is 1. The summed E-state index contributed by atoms with van der Waals surface area (Å²) in [6.07, 6.45) is 1.11. The highest BCUT2D eigenvalue weighted by Crippen LogP contribution is 2.33. The van der Waals surface area contributed by atoms with Crippen LogP contribution in [0.3, 0.4) is 0 Å². The lowest BCUT2D eigenvalue weighted by atomic mass is 10.2. The third-order valence-corrected chi connectivity index (χ3v) is 4.17. The van der Waals surface area contributed by atoms with E-state index >= 15 is 0 Å². The van der Waals surface area contributed by atoms with Gasteiger partial charge < -0.3 is 10.6 Å². The predicted octanol–water partition coefficient (Wildman–Crippen LogP) is 2.58. The molecule has 106 valence electrons. The molecule has 0 aliphatic carbocycles. The van der Waals surface area contributed by atoms with Gasteiger partial charge in [-0.05, 0) is 36.4 Å². The lowest BCUT2D eigenvalue weighted by Crippen LogP contribution is -2.13. The molecule has 0 heterocycles. The Kier molecular flexibility index (Phi) is 3.67. The molecule has 0 saturated carbocycles. The number of sulfone groups is 1. The Balaban J connectivity index is 2.51. The summed E-state index contributed by atoms with van der Waals surface area (Å²) in [5, 5.41) is 0. The third kappa shape index (κ3) is 2.75. The minimum Gasteiger partial charge on any atom is -0.396 e. The molecule has 4 nitrogen and oxygen atoms in total. The topological polar surface area (TPSA) is 63.4 Å². The van der Waals surface area contributed by atoms with Gasteiger partial charge >= 0.3 is 0 Å². The molecule has 2 rings (SSSR count). The zero-order valence-electron chi connectivity index (χ0n) is 11.2. The molecular formula is C14H15FN2O2S. The van der Waals surface area contributed by atoms with Crippen molar-refractivity contribution in [2.24, 2.45) is 0 Å². The number of hydrogen-bond donors (Lipinski definition) is 1. The Labute approximate surface area is 117 Å². The zero-order valence-corrected chi connectivity index (χ0v) is 12.0. The SMILES string of the molecule is CN(c1ccc(F)cc1)c1cccc(S(C)(=O)=O)c1N. The highest BCUT2D eigenvalue weighted by Gasteiger charge is 2.16.